The fourth-order valence-corrected chi connectivity index (χ4v) is 3.89. The number of piperazine rings is 1. The van der Waals surface area contributed by atoms with Crippen LogP contribution >= 0.6 is 12.4 Å². The quantitative estimate of drug-likeness (QED) is 0.752. The molecule has 3 fully saturated rings. The third kappa shape index (κ3) is 2.93. The molecule has 0 aromatic heterocycles. The van der Waals surface area contributed by atoms with Crippen LogP contribution in [0, 0.1) is 5.92 Å². The van der Waals surface area contributed by atoms with Crippen molar-refractivity contribution in [3.8, 4) is 0 Å². The van der Waals surface area contributed by atoms with Gasteiger partial charge in [-0.3, -0.25) is 9.59 Å². The number of nitrogens with zero attached hydrogens (tertiary/aromatic N) is 1. The molecule has 0 aromatic rings. The molecule has 3 rings (SSSR count). The van der Waals surface area contributed by atoms with Gasteiger partial charge in [-0.2, -0.15) is 0 Å². The molecule has 1 aliphatic heterocycles. The normalized spacial score (nSPS) is 36.9. The maximum absolute atomic E-state index is 12.6. The zero-order valence-electron chi connectivity index (χ0n) is 11.7. The van der Waals surface area contributed by atoms with Gasteiger partial charge in [-0.15, -0.1) is 12.4 Å². The van der Waals surface area contributed by atoms with Crippen LogP contribution in [-0.2, 0) is 9.59 Å². The van der Waals surface area contributed by atoms with E-state index in [2.05, 4.69) is 5.32 Å². The third-order valence-electron chi connectivity index (χ3n) is 4.90. The Morgan fingerprint density at radius 1 is 1.20 bits per heavy atom. The van der Waals surface area contributed by atoms with E-state index >= 15 is 0 Å². The van der Waals surface area contributed by atoms with Crippen molar-refractivity contribution >= 4 is 24.2 Å². The highest BCUT2D eigenvalue weighted by Crippen LogP contribution is 2.31. The Bertz CT molecular complexity index is 391. The van der Waals surface area contributed by atoms with Crippen molar-refractivity contribution in [1.29, 1.82) is 0 Å². The van der Waals surface area contributed by atoms with Crippen molar-refractivity contribution in [2.75, 3.05) is 6.54 Å². The van der Waals surface area contributed by atoms with Gasteiger partial charge in [0.15, 0.2) is 0 Å². The molecule has 4 unspecified atom stereocenters. The van der Waals surface area contributed by atoms with Gasteiger partial charge in [0.1, 0.15) is 0 Å². The van der Waals surface area contributed by atoms with Gasteiger partial charge in [0, 0.05) is 18.0 Å². The van der Waals surface area contributed by atoms with Crippen LogP contribution in [0.5, 0.6) is 0 Å². The molecule has 4 atom stereocenters. The van der Waals surface area contributed by atoms with E-state index in [4.69, 9.17) is 5.73 Å². The van der Waals surface area contributed by atoms with Gasteiger partial charge in [-0.05, 0) is 32.1 Å². The first kappa shape index (κ1) is 15.6. The van der Waals surface area contributed by atoms with Crippen LogP contribution in [0.15, 0.2) is 0 Å². The molecule has 0 radical (unpaired) electrons. The lowest BCUT2D eigenvalue weighted by Gasteiger charge is -2.44. The molecule has 0 bridgehead atoms. The first-order valence-electron chi connectivity index (χ1n) is 7.50. The van der Waals surface area contributed by atoms with Gasteiger partial charge in [-0.25, -0.2) is 0 Å². The van der Waals surface area contributed by atoms with Crippen molar-refractivity contribution in [1.82, 2.24) is 10.2 Å². The number of nitrogens with two attached hydrogens (primary N) is 1. The Kier molecular flexibility index (Phi) is 4.91. The number of nitrogens with one attached hydrogen (secondary N) is 1. The average Bonchev–Trinajstić information content (AvgIpc) is 2.83. The van der Waals surface area contributed by atoms with Crippen LogP contribution in [0.4, 0.5) is 0 Å². The summed E-state index contributed by atoms with van der Waals surface area (Å²) in [6.45, 7) is 0.242. The number of amides is 2. The van der Waals surface area contributed by atoms with Gasteiger partial charge in [0.05, 0.1) is 12.6 Å². The summed E-state index contributed by atoms with van der Waals surface area (Å²) in [4.78, 5) is 26.3. The van der Waals surface area contributed by atoms with E-state index in [-0.39, 0.29) is 54.8 Å². The van der Waals surface area contributed by atoms with Crippen molar-refractivity contribution in [2.45, 2.75) is 63.1 Å². The summed E-state index contributed by atoms with van der Waals surface area (Å²) in [5.41, 5.74) is 5.90. The van der Waals surface area contributed by atoms with Gasteiger partial charge < -0.3 is 16.0 Å². The van der Waals surface area contributed by atoms with E-state index in [1.807, 2.05) is 4.90 Å². The second-order valence-corrected chi connectivity index (χ2v) is 6.26. The monoisotopic (exact) mass is 301 g/mol. The summed E-state index contributed by atoms with van der Waals surface area (Å²) in [7, 11) is 0. The Labute approximate surface area is 126 Å². The summed E-state index contributed by atoms with van der Waals surface area (Å²) in [6.07, 6.45) is 6.94. The van der Waals surface area contributed by atoms with Crippen molar-refractivity contribution in [2.24, 2.45) is 11.7 Å². The molecular formula is C14H24ClN3O2. The lowest BCUT2D eigenvalue weighted by atomic mass is 9.86. The van der Waals surface area contributed by atoms with E-state index < -0.39 is 0 Å². The highest BCUT2D eigenvalue weighted by molar-refractivity contribution is 5.88. The number of hydrogen-bond acceptors (Lipinski definition) is 3. The molecule has 1 saturated heterocycles. The predicted molar refractivity (Wildman–Crippen MR) is 78.5 cm³/mol. The number of carbonyl (C=O) groups excluding carboxylic acids is 2. The van der Waals surface area contributed by atoms with Crippen LogP contribution in [0.3, 0.4) is 0 Å². The van der Waals surface area contributed by atoms with Crippen LogP contribution in [0.25, 0.3) is 0 Å². The van der Waals surface area contributed by atoms with Gasteiger partial charge in [-0.1, -0.05) is 12.8 Å². The number of hydrogen-bond donors (Lipinski definition) is 2. The molecule has 20 heavy (non-hydrogen) atoms. The molecule has 5 nitrogen and oxygen atoms in total. The summed E-state index contributed by atoms with van der Waals surface area (Å²) in [5, 5.41) is 3.04. The van der Waals surface area contributed by atoms with E-state index in [0.29, 0.717) is 0 Å². The molecule has 3 aliphatic rings. The van der Waals surface area contributed by atoms with Gasteiger partial charge >= 0.3 is 0 Å². The molecule has 114 valence electrons. The van der Waals surface area contributed by atoms with Crippen LogP contribution in [-0.4, -0.2) is 41.4 Å². The van der Waals surface area contributed by atoms with Gasteiger partial charge in [0.25, 0.3) is 0 Å². The standard InChI is InChI=1S/C14H23N3O2.ClH/c15-10-6-5-9(7-10)14(19)17-8-13(18)16-11-3-1-2-4-12(11)17;/h9-12H,1-8,15H2,(H,16,18);1H. The smallest absolute Gasteiger partial charge is 0.239 e. The minimum absolute atomic E-state index is 0. The minimum atomic E-state index is -0.00112. The van der Waals surface area contributed by atoms with Crippen LogP contribution < -0.4 is 11.1 Å². The Hall–Kier alpha value is -0.810. The second-order valence-electron chi connectivity index (χ2n) is 6.26. The Morgan fingerprint density at radius 3 is 2.65 bits per heavy atom. The molecule has 2 saturated carbocycles. The van der Waals surface area contributed by atoms with E-state index in [0.717, 1.165) is 44.9 Å². The zero-order valence-corrected chi connectivity index (χ0v) is 12.5. The summed E-state index contributed by atoms with van der Waals surface area (Å²) in [5.74, 6) is 0.210. The zero-order chi connectivity index (χ0) is 13.4. The molecular weight excluding hydrogens is 278 g/mol. The first-order chi connectivity index (χ1) is 9.15. The maximum Gasteiger partial charge on any atom is 0.239 e. The van der Waals surface area contributed by atoms with Crippen molar-refractivity contribution < 1.29 is 9.59 Å². The molecule has 2 aliphatic carbocycles. The highest BCUT2D eigenvalue weighted by Gasteiger charge is 2.41. The van der Waals surface area contributed by atoms with Crippen LogP contribution in [0.2, 0.25) is 0 Å². The number of carbonyl (C=O) groups is 2. The summed E-state index contributed by atoms with van der Waals surface area (Å²) >= 11 is 0. The molecule has 0 aromatic carbocycles. The van der Waals surface area contributed by atoms with E-state index in [1.165, 1.54) is 0 Å². The fraction of sp³-hybridized carbons (Fsp3) is 0.857. The fourth-order valence-electron chi connectivity index (χ4n) is 3.89. The second kappa shape index (κ2) is 6.31. The largest absolute Gasteiger partial charge is 0.350 e. The SMILES string of the molecule is Cl.NC1CCC(C(=O)N2CC(=O)NC3CCCCC32)C1. The van der Waals surface area contributed by atoms with E-state index in [9.17, 15) is 9.59 Å². The van der Waals surface area contributed by atoms with Crippen molar-refractivity contribution in [3.63, 3.8) is 0 Å². The first-order valence-corrected chi connectivity index (χ1v) is 7.50. The molecule has 0 spiro atoms. The lowest BCUT2D eigenvalue weighted by molar-refractivity contribution is -0.147. The average molecular weight is 302 g/mol. The van der Waals surface area contributed by atoms with Crippen molar-refractivity contribution in [3.05, 3.63) is 0 Å². The highest BCUT2D eigenvalue weighted by atomic mass is 35.5. The lowest BCUT2D eigenvalue weighted by Crippen LogP contribution is -2.63. The van der Waals surface area contributed by atoms with Gasteiger partial charge in [0.2, 0.25) is 11.8 Å². The Balaban J connectivity index is 0.00000147. The molecule has 1 heterocycles. The van der Waals surface area contributed by atoms with E-state index in [1.54, 1.807) is 0 Å². The maximum atomic E-state index is 12.6. The molecule has 2 amide bonds. The summed E-state index contributed by atoms with van der Waals surface area (Å²) in [6, 6.07) is 0.555. The third-order valence-corrected chi connectivity index (χ3v) is 4.90. The Morgan fingerprint density at radius 2 is 1.95 bits per heavy atom. The molecule has 3 N–H and O–H groups in total. The minimum Gasteiger partial charge on any atom is -0.350 e. The predicted octanol–water partition coefficient (Wildman–Crippen LogP) is 0.805. The number of fused-ring (bicyclic) bond motifs is 1. The topological polar surface area (TPSA) is 75.4 Å². The summed E-state index contributed by atoms with van der Waals surface area (Å²) < 4.78 is 0. The molecule has 6 heteroatoms. The number of rotatable bonds is 1. The van der Waals surface area contributed by atoms with Crippen LogP contribution in [0.1, 0.15) is 44.9 Å². The number of halogens is 1.